The summed E-state index contributed by atoms with van der Waals surface area (Å²) < 4.78 is 0. The van der Waals surface area contributed by atoms with Crippen LogP contribution in [0.25, 0.3) is 0 Å². The predicted octanol–water partition coefficient (Wildman–Crippen LogP) is 1.94. The molecule has 2 aromatic carbocycles. The van der Waals surface area contributed by atoms with Gasteiger partial charge in [-0.2, -0.15) is 0 Å². The Kier molecular flexibility index (Phi) is 5.96. The zero-order chi connectivity index (χ0) is 18.2. The number of hydrogen-bond acceptors (Lipinski definition) is 5. The van der Waals surface area contributed by atoms with E-state index in [1.165, 1.54) is 24.3 Å². The SMILES string of the molecule is O=C(NNC(=S)NC(=O)c1ccc([N+](=O)[O-])cc1)Nc1ccccc1. The Morgan fingerprint density at radius 3 is 2.20 bits per heavy atom. The first-order valence-electron chi connectivity index (χ1n) is 6.93. The number of thiocarbonyl (C=S) groups is 1. The topological polar surface area (TPSA) is 125 Å². The molecule has 2 aromatic rings. The minimum absolute atomic E-state index is 0.128. The Balaban J connectivity index is 1.80. The maximum Gasteiger partial charge on any atom is 0.337 e. The number of hydrogen-bond donors (Lipinski definition) is 4. The summed E-state index contributed by atoms with van der Waals surface area (Å²) in [5, 5.41) is 15.3. The molecule has 0 atom stereocenters. The van der Waals surface area contributed by atoms with Crippen LogP contribution in [0, 0.1) is 10.1 Å². The minimum atomic E-state index is -0.572. The summed E-state index contributed by atoms with van der Waals surface area (Å²) in [4.78, 5) is 33.6. The van der Waals surface area contributed by atoms with Gasteiger partial charge in [-0.15, -0.1) is 0 Å². The summed E-state index contributed by atoms with van der Waals surface area (Å²) in [7, 11) is 0. The number of carbonyl (C=O) groups is 2. The van der Waals surface area contributed by atoms with Crippen LogP contribution in [0.3, 0.4) is 0 Å². The number of para-hydroxylation sites is 1. The second-order valence-corrected chi connectivity index (χ2v) is 5.07. The number of nitrogens with zero attached hydrogens (tertiary/aromatic N) is 1. The quantitative estimate of drug-likeness (QED) is 0.377. The van der Waals surface area contributed by atoms with Gasteiger partial charge in [-0.25, -0.2) is 10.2 Å². The summed E-state index contributed by atoms with van der Waals surface area (Å²) in [5.41, 5.74) is 5.27. The Morgan fingerprint density at radius 1 is 0.960 bits per heavy atom. The van der Waals surface area contributed by atoms with Crippen molar-refractivity contribution in [3.63, 3.8) is 0 Å². The number of nitro groups is 1. The number of nitrogens with one attached hydrogen (secondary N) is 4. The lowest BCUT2D eigenvalue weighted by Gasteiger charge is -2.11. The van der Waals surface area contributed by atoms with Crippen LogP contribution in [0.4, 0.5) is 16.2 Å². The van der Waals surface area contributed by atoms with Crippen LogP contribution < -0.4 is 21.5 Å². The first kappa shape index (κ1) is 17.8. The third-order valence-electron chi connectivity index (χ3n) is 2.89. The predicted molar refractivity (Wildman–Crippen MR) is 94.9 cm³/mol. The van der Waals surface area contributed by atoms with Gasteiger partial charge in [0.15, 0.2) is 5.11 Å². The van der Waals surface area contributed by atoms with E-state index in [1.807, 2.05) is 6.07 Å². The summed E-state index contributed by atoms with van der Waals surface area (Å²) in [6, 6.07) is 13.2. The van der Waals surface area contributed by atoms with Crippen LogP contribution in [0.2, 0.25) is 0 Å². The van der Waals surface area contributed by atoms with Crippen molar-refractivity contribution in [1.82, 2.24) is 16.2 Å². The number of carbonyl (C=O) groups excluding carboxylic acids is 2. The van der Waals surface area contributed by atoms with Gasteiger partial charge >= 0.3 is 6.03 Å². The third kappa shape index (κ3) is 5.55. The van der Waals surface area contributed by atoms with Crippen molar-refractivity contribution in [2.75, 3.05) is 5.32 Å². The summed E-state index contributed by atoms with van der Waals surface area (Å²) in [6.45, 7) is 0. The van der Waals surface area contributed by atoms with Gasteiger partial charge in [-0.3, -0.25) is 25.7 Å². The number of nitro benzene ring substituents is 1. The van der Waals surface area contributed by atoms with Crippen molar-refractivity contribution in [2.45, 2.75) is 0 Å². The van der Waals surface area contributed by atoms with Gasteiger partial charge in [0.1, 0.15) is 0 Å². The molecule has 0 saturated heterocycles. The van der Waals surface area contributed by atoms with Crippen molar-refractivity contribution in [2.24, 2.45) is 0 Å². The van der Waals surface area contributed by atoms with Gasteiger partial charge < -0.3 is 5.32 Å². The summed E-state index contributed by atoms with van der Waals surface area (Å²) >= 11 is 4.89. The standard InChI is InChI=1S/C15H13N5O4S/c21-13(10-6-8-12(9-7-10)20(23)24)17-15(25)19-18-14(22)16-11-4-2-1-3-5-11/h1-9H,(H2,16,18,22)(H2,17,19,21,25). The number of urea groups is 1. The lowest BCUT2D eigenvalue weighted by molar-refractivity contribution is -0.384. The fourth-order valence-electron chi connectivity index (χ4n) is 1.74. The van der Waals surface area contributed by atoms with E-state index in [9.17, 15) is 19.7 Å². The second kappa shape index (κ2) is 8.36. The van der Waals surface area contributed by atoms with Gasteiger partial charge in [0.25, 0.3) is 11.6 Å². The third-order valence-corrected chi connectivity index (χ3v) is 3.09. The zero-order valence-corrected chi connectivity index (χ0v) is 13.5. The van der Waals surface area contributed by atoms with Crippen LogP contribution in [0.15, 0.2) is 54.6 Å². The second-order valence-electron chi connectivity index (χ2n) is 4.66. The van der Waals surface area contributed by atoms with Gasteiger partial charge in [0.2, 0.25) is 0 Å². The smallest absolute Gasteiger partial charge is 0.307 e. The molecular formula is C15H13N5O4S. The van der Waals surface area contributed by atoms with E-state index in [4.69, 9.17) is 12.2 Å². The normalized spacial score (nSPS) is 9.60. The monoisotopic (exact) mass is 359 g/mol. The Morgan fingerprint density at radius 2 is 1.60 bits per heavy atom. The molecule has 0 radical (unpaired) electrons. The van der Waals surface area contributed by atoms with Crippen LogP contribution >= 0.6 is 12.2 Å². The highest BCUT2D eigenvalue weighted by Crippen LogP contribution is 2.11. The fraction of sp³-hybridized carbons (Fsp3) is 0. The summed E-state index contributed by atoms with van der Waals surface area (Å²) in [5.74, 6) is -0.572. The van der Waals surface area contributed by atoms with E-state index >= 15 is 0 Å². The molecule has 0 bridgehead atoms. The number of anilines is 1. The van der Waals surface area contributed by atoms with Crippen LogP contribution in [0.1, 0.15) is 10.4 Å². The zero-order valence-electron chi connectivity index (χ0n) is 12.7. The molecule has 128 valence electrons. The van der Waals surface area contributed by atoms with E-state index < -0.39 is 16.9 Å². The Bertz CT molecular complexity index is 795. The van der Waals surface area contributed by atoms with Crippen LogP contribution in [-0.4, -0.2) is 22.0 Å². The molecule has 0 saturated carbocycles. The van der Waals surface area contributed by atoms with Gasteiger partial charge in [-0.05, 0) is 36.5 Å². The maximum absolute atomic E-state index is 11.9. The number of non-ortho nitro benzene ring substituents is 1. The molecule has 0 aromatic heterocycles. The molecule has 4 N–H and O–H groups in total. The molecule has 0 heterocycles. The molecule has 0 aliphatic carbocycles. The molecule has 10 heteroatoms. The average Bonchev–Trinajstić information content (AvgIpc) is 2.61. The number of hydrazine groups is 1. The molecule has 2 rings (SSSR count). The van der Waals surface area contributed by atoms with Crippen LogP contribution in [0.5, 0.6) is 0 Å². The van der Waals surface area contributed by atoms with Crippen molar-refractivity contribution >= 4 is 40.6 Å². The molecule has 25 heavy (non-hydrogen) atoms. The Labute approximate surface area is 147 Å². The van der Waals surface area contributed by atoms with Gasteiger partial charge in [-0.1, -0.05) is 18.2 Å². The fourth-order valence-corrected chi connectivity index (χ4v) is 1.88. The first-order valence-corrected chi connectivity index (χ1v) is 7.34. The van der Waals surface area contributed by atoms with Crippen molar-refractivity contribution in [1.29, 1.82) is 0 Å². The number of rotatable bonds is 3. The highest BCUT2D eigenvalue weighted by molar-refractivity contribution is 7.80. The van der Waals surface area contributed by atoms with Crippen molar-refractivity contribution in [3.05, 3.63) is 70.3 Å². The largest absolute Gasteiger partial charge is 0.337 e. The number of benzene rings is 2. The highest BCUT2D eigenvalue weighted by atomic mass is 32.1. The van der Waals surface area contributed by atoms with Gasteiger partial charge in [0.05, 0.1) is 4.92 Å². The van der Waals surface area contributed by atoms with E-state index in [0.29, 0.717) is 5.69 Å². The number of amides is 3. The molecule has 0 aliphatic heterocycles. The lowest BCUT2D eigenvalue weighted by Crippen LogP contribution is -2.49. The van der Waals surface area contributed by atoms with E-state index in [1.54, 1.807) is 24.3 Å². The Hall–Kier alpha value is -3.53. The first-order chi connectivity index (χ1) is 12.0. The average molecular weight is 359 g/mol. The van der Waals surface area contributed by atoms with E-state index in [0.717, 1.165) is 0 Å². The maximum atomic E-state index is 11.9. The lowest BCUT2D eigenvalue weighted by atomic mass is 10.2. The van der Waals surface area contributed by atoms with E-state index in [-0.39, 0.29) is 16.4 Å². The molecular weight excluding hydrogens is 346 g/mol. The summed E-state index contributed by atoms with van der Waals surface area (Å²) in [6.07, 6.45) is 0. The molecule has 3 amide bonds. The van der Waals surface area contributed by atoms with E-state index in [2.05, 4.69) is 21.5 Å². The van der Waals surface area contributed by atoms with Gasteiger partial charge in [0, 0.05) is 23.4 Å². The minimum Gasteiger partial charge on any atom is -0.307 e. The molecule has 0 unspecified atom stereocenters. The van der Waals surface area contributed by atoms with Crippen molar-refractivity contribution < 1.29 is 14.5 Å². The molecule has 0 spiro atoms. The van der Waals surface area contributed by atoms with Crippen LogP contribution in [-0.2, 0) is 0 Å². The highest BCUT2D eigenvalue weighted by Gasteiger charge is 2.11. The van der Waals surface area contributed by atoms with Crippen molar-refractivity contribution in [3.8, 4) is 0 Å². The molecule has 9 nitrogen and oxygen atoms in total. The molecule has 0 aliphatic rings. The molecule has 0 fully saturated rings.